The normalized spacial score (nSPS) is 39.7. The van der Waals surface area contributed by atoms with Gasteiger partial charge in [0.2, 0.25) is 5.91 Å². The summed E-state index contributed by atoms with van der Waals surface area (Å²) >= 11 is 0. The minimum absolute atomic E-state index is 0.0479. The first-order valence-corrected chi connectivity index (χ1v) is 15.0. The fourth-order valence-corrected chi connectivity index (χ4v) is 7.07. The van der Waals surface area contributed by atoms with E-state index in [2.05, 4.69) is 15.7 Å². The van der Waals surface area contributed by atoms with Crippen molar-refractivity contribution in [3.63, 3.8) is 0 Å². The first-order valence-electron chi connectivity index (χ1n) is 15.0. The number of amides is 1. The number of ether oxygens (including phenoxy) is 1. The van der Waals surface area contributed by atoms with Crippen molar-refractivity contribution in [2.75, 3.05) is 13.2 Å². The van der Waals surface area contributed by atoms with Gasteiger partial charge in [-0.3, -0.25) is 14.8 Å². The number of carbonyl (C=O) groups is 2. The number of aliphatic hydroxyl groups excluding tert-OH is 2. The van der Waals surface area contributed by atoms with E-state index >= 15 is 0 Å². The standard InChI is InChI=1S/C28H48N2O9/c31-21-6-1-17(18(13-21)16-38-36)15-37-30-20-4-10-24(11-5-20)39-23-8-2-19(3-9-23)29-27(33)25-12-7-22(32)14-26(25)28(34)35/h17-26,30-32,36H,1-16H2,(H,29,33)(H,34,35). The van der Waals surface area contributed by atoms with Crippen molar-refractivity contribution in [3.05, 3.63) is 0 Å². The smallest absolute Gasteiger partial charge is 0.307 e. The molecule has 11 nitrogen and oxygen atoms in total. The quantitative estimate of drug-likeness (QED) is 0.164. The molecule has 0 aliphatic heterocycles. The number of hydroxylamine groups is 1. The lowest BCUT2D eigenvalue weighted by atomic mass is 9.77. The maximum Gasteiger partial charge on any atom is 0.307 e. The van der Waals surface area contributed by atoms with E-state index in [1.807, 2.05) is 0 Å². The molecule has 1 amide bonds. The van der Waals surface area contributed by atoms with Gasteiger partial charge in [-0.05, 0) is 102 Å². The largest absolute Gasteiger partial charge is 0.481 e. The van der Waals surface area contributed by atoms with Gasteiger partial charge in [0.15, 0.2) is 0 Å². The Balaban J connectivity index is 1.09. The number of hydrogen-bond donors (Lipinski definition) is 6. The molecule has 4 fully saturated rings. The lowest BCUT2D eigenvalue weighted by Crippen LogP contribution is -2.47. The Morgan fingerprint density at radius 2 is 1.31 bits per heavy atom. The third-order valence-corrected chi connectivity index (χ3v) is 9.50. The molecule has 4 rings (SSSR count). The third-order valence-electron chi connectivity index (χ3n) is 9.50. The van der Waals surface area contributed by atoms with Crippen LogP contribution in [0.15, 0.2) is 0 Å². The summed E-state index contributed by atoms with van der Waals surface area (Å²) in [6, 6.07) is 0.333. The molecule has 0 heterocycles. The summed E-state index contributed by atoms with van der Waals surface area (Å²) < 4.78 is 6.41. The van der Waals surface area contributed by atoms with Crippen LogP contribution >= 0.6 is 0 Å². The second-order valence-corrected chi connectivity index (χ2v) is 12.3. The van der Waals surface area contributed by atoms with Crippen LogP contribution in [0.25, 0.3) is 0 Å². The van der Waals surface area contributed by atoms with Gasteiger partial charge in [-0.1, -0.05) is 0 Å². The van der Waals surface area contributed by atoms with Crippen molar-refractivity contribution in [2.45, 2.75) is 126 Å². The Bertz CT molecular complexity index is 770. The van der Waals surface area contributed by atoms with Gasteiger partial charge < -0.3 is 30.2 Å². The fourth-order valence-electron chi connectivity index (χ4n) is 7.07. The lowest BCUT2D eigenvalue weighted by Gasteiger charge is -2.36. The molecule has 6 atom stereocenters. The van der Waals surface area contributed by atoms with Crippen LogP contribution < -0.4 is 10.8 Å². The van der Waals surface area contributed by atoms with Crippen molar-refractivity contribution in [1.82, 2.24) is 10.8 Å². The van der Waals surface area contributed by atoms with E-state index in [0.717, 1.165) is 64.2 Å². The predicted molar refractivity (Wildman–Crippen MR) is 140 cm³/mol. The van der Waals surface area contributed by atoms with E-state index in [1.54, 1.807) is 0 Å². The van der Waals surface area contributed by atoms with Crippen LogP contribution in [0.5, 0.6) is 0 Å². The molecular formula is C28H48N2O9. The molecule has 39 heavy (non-hydrogen) atoms. The molecule has 11 heteroatoms. The van der Waals surface area contributed by atoms with Crippen molar-refractivity contribution in [1.29, 1.82) is 0 Å². The zero-order chi connectivity index (χ0) is 27.8. The maximum atomic E-state index is 12.8. The molecule has 0 bridgehead atoms. The van der Waals surface area contributed by atoms with Gasteiger partial charge in [-0.25, -0.2) is 4.89 Å². The molecule has 4 aliphatic carbocycles. The van der Waals surface area contributed by atoms with Gasteiger partial charge in [0, 0.05) is 12.1 Å². The molecule has 4 aliphatic rings. The summed E-state index contributed by atoms with van der Waals surface area (Å²) in [5, 5.41) is 41.1. The molecule has 6 N–H and O–H groups in total. The number of hydrogen-bond acceptors (Lipinski definition) is 9. The number of nitrogens with one attached hydrogen (secondary N) is 2. The summed E-state index contributed by atoms with van der Waals surface area (Å²) in [7, 11) is 0. The molecule has 0 aromatic rings. The maximum absolute atomic E-state index is 12.8. The van der Waals surface area contributed by atoms with Gasteiger partial charge in [-0.15, -0.1) is 0 Å². The first kappa shape index (κ1) is 30.6. The number of carbonyl (C=O) groups excluding carboxylic acids is 1. The Labute approximate surface area is 230 Å². The highest BCUT2D eigenvalue weighted by Gasteiger charge is 2.40. The van der Waals surface area contributed by atoms with Crippen LogP contribution in [-0.4, -0.2) is 82.2 Å². The Hall–Kier alpha value is -1.34. The molecule has 0 saturated heterocycles. The number of aliphatic carboxylic acids is 1. The average Bonchev–Trinajstić information content (AvgIpc) is 2.92. The number of aliphatic hydroxyl groups is 2. The van der Waals surface area contributed by atoms with Gasteiger partial charge >= 0.3 is 5.97 Å². The summed E-state index contributed by atoms with van der Waals surface area (Å²) in [5.41, 5.74) is 3.22. The number of rotatable bonds is 11. The lowest BCUT2D eigenvalue weighted by molar-refractivity contribution is -0.258. The summed E-state index contributed by atoms with van der Waals surface area (Å²) in [6.07, 6.45) is 10.0. The van der Waals surface area contributed by atoms with Crippen LogP contribution in [-0.2, 0) is 24.1 Å². The highest BCUT2D eigenvalue weighted by atomic mass is 17.1. The van der Waals surface area contributed by atoms with Crippen LogP contribution in [0, 0.1) is 23.7 Å². The highest BCUT2D eigenvalue weighted by molar-refractivity contribution is 5.85. The molecule has 0 aromatic carbocycles. The van der Waals surface area contributed by atoms with E-state index in [1.165, 1.54) is 0 Å². The Kier molecular flexibility index (Phi) is 11.8. The van der Waals surface area contributed by atoms with Gasteiger partial charge in [0.1, 0.15) is 0 Å². The van der Waals surface area contributed by atoms with E-state index < -0.39 is 23.9 Å². The van der Waals surface area contributed by atoms with E-state index in [0.29, 0.717) is 25.9 Å². The van der Waals surface area contributed by atoms with Gasteiger partial charge in [-0.2, -0.15) is 5.48 Å². The first-order chi connectivity index (χ1) is 18.8. The van der Waals surface area contributed by atoms with Gasteiger partial charge in [0.05, 0.1) is 49.5 Å². The minimum Gasteiger partial charge on any atom is -0.481 e. The monoisotopic (exact) mass is 556 g/mol. The predicted octanol–water partition coefficient (Wildman–Crippen LogP) is 2.39. The highest BCUT2D eigenvalue weighted by Crippen LogP contribution is 2.33. The molecule has 0 spiro atoms. The zero-order valence-electron chi connectivity index (χ0n) is 22.9. The molecular weight excluding hydrogens is 508 g/mol. The average molecular weight is 557 g/mol. The number of carboxylic acid groups (broad SMARTS) is 1. The van der Waals surface area contributed by atoms with Crippen molar-refractivity contribution in [3.8, 4) is 0 Å². The summed E-state index contributed by atoms with van der Waals surface area (Å²) in [5.74, 6) is -2.24. The van der Waals surface area contributed by atoms with E-state index in [4.69, 9.17) is 14.8 Å². The molecule has 0 aromatic heterocycles. The van der Waals surface area contributed by atoms with E-state index in [-0.39, 0.29) is 61.2 Å². The van der Waals surface area contributed by atoms with Crippen molar-refractivity contribution >= 4 is 11.9 Å². The summed E-state index contributed by atoms with van der Waals surface area (Å²) in [6.45, 7) is 0.759. The fraction of sp³-hybridized carbons (Fsp3) is 0.929. The van der Waals surface area contributed by atoms with Crippen LogP contribution in [0.1, 0.15) is 89.9 Å². The summed E-state index contributed by atoms with van der Waals surface area (Å²) in [4.78, 5) is 34.6. The van der Waals surface area contributed by atoms with Crippen LogP contribution in [0.2, 0.25) is 0 Å². The molecule has 6 unspecified atom stereocenters. The molecule has 4 saturated carbocycles. The number of carboxylic acids is 1. The molecule has 224 valence electrons. The second-order valence-electron chi connectivity index (χ2n) is 12.3. The third kappa shape index (κ3) is 9.08. The zero-order valence-corrected chi connectivity index (χ0v) is 22.9. The molecule has 0 radical (unpaired) electrons. The van der Waals surface area contributed by atoms with Gasteiger partial charge in [0.25, 0.3) is 0 Å². The second kappa shape index (κ2) is 15.0. The van der Waals surface area contributed by atoms with Crippen molar-refractivity contribution in [2.24, 2.45) is 23.7 Å². The van der Waals surface area contributed by atoms with Crippen LogP contribution in [0.3, 0.4) is 0 Å². The Morgan fingerprint density at radius 1 is 0.692 bits per heavy atom. The van der Waals surface area contributed by atoms with E-state index in [9.17, 15) is 24.9 Å². The topological polar surface area (TPSA) is 167 Å². The Morgan fingerprint density at radius 3 is 1.95 bits per heavy atom. The minimum atomic E-state index is -1.01. The SMILES string of the molecule is O=C(O)C1CC(O)CCC1C(=O)NC1CCC(OC2CCC(NOCC3CCC(O)CC3COO)CC2)CC1. The van der Waals surface area contributed by atoms with Crippen molar-refractivity contribution < 1.29 is 44.6 Å². The van der Waals surface area contributed by atoms with Crippen LogP contribution in [0.4, 0.5) is 0 Å².